The molecule has 1 saturated heterocycles. The van der Waals surface area contributed by atoms with Gasteiger partial charge in [-0.2, -0.15) is 0 Å². The van der Waals surface area contributed by atoms with Crippen LogP contribution < -0.4 is 15.4 Å². The quantitative estimate of drug-likeness (QED) is 0.787. The molecule has 2 amide bonds. The Morgan fingerprint density at radius 1 is 1.15 bits per heavy atom. The molecule has 0 spiro atoms. The third-order valence-electron chi connectivity index (χ3n) is 4.33. The largest absolute Gasteiger partial charge is 0.493 e. The first-order valence-electron chi connectivity index (χ1n) is 9.20. The van der Waals surface area contributed by atoms with Crippen molar-refractivity contribution >= 4 is 17.5 Å². The van der Waals surface area contributed by atoms with Crippen molar-refractivity contribution in [1.82, 2.24) is 5.32 Å². The molecule has 1 fully saturated rings. The van der Waals surface area contributed by atoms with Gasteiger partial charge in [0, 0.05) is 24.4 Å². The van der Waals surface area contributed by atoms with E-state index in [-0.39, 0.29) is 17.9 Å². The third-order valence-corrected chi connectivity index (χ3v) is 4.33. The molecule has 142 valence electrons. The van der Waals surface area contributed by atoms with E-state index >= 15 is 0 Å². The number of ether oxygens (including phenoxy) is 2. The van der Waals surface area contributed by atoms with Crippen LogP contribution in [0.15, 0.2) is 48.5 Å². The van der Waals surface area contributed by atoms with Crippen molar-refractivity contribution in [3.63, 3.8) is 0 Å². The lowest BCUT2D eigenvalue weighted by Crippen LogP contribution is -2.31. The molecule has 2 N–H and O–H groups in total. The third kappa shape index (κ3) is 5.08. The van der Waals surface area contributed by atoms with Crippen molar-refractivity contribution in [2.75, 3.05) is 25.1 Å². The van der Waals surface area contributed by atoms with E-state index in [1.54, 1.807) is 42.5 Å². The molecule has 0 radical (unpaired) electrons. The van der Waals surface area contributed by atoms with Gasteiger partial charge in [0.05, 0.1) is 18.3 Å². The number of anilines is 1. The molecule has 0 saturated carbocycles. The molecule has 27 heavy (non-hydrogen) atoms. The zero-order chi connectivity index (χ0) is 19.1. The van der Waals surface area contributed by atoms with Gasteiger partial charge < -0.3 is 20.1 Å². The summed E-state index contributed by atoms with van der Waals surface area (Å²) >= 11 is 0. The average Bonchev–Trinajstić information content (AvgIpc) is 3.20. The van der Waals surface area contributed by atoms with E-state index in [4.69, 9.17) is 9.47 Å². The number of rotatable bonds is 7. The summed E-state index contributed by atoms with van der Waals surface area (Å²) in [7, 11) is 0. The highest BCUT2D eigenvalue weighted by Crippen LogP contribution is 2.20. The summed E-state index contributed by atoms with van der Waals surface area (Å²) in [6.45, 7) is 3.60. The van der Waals surface area contributed by atoms with Gasteiger partial charge in [-0.15, -0.1) is 0 Å². The minimum absolute atomic E-state index is 0.0897. The van der Waals surface area contributed by atoms with Crippen molar-refractivity contribution < 1.29 is 19.1 Å². The fraction of sp³-hybridized carbons (Fsp3) is 0.333. The number of hydrogen-bond acceptors (Lipinski definition) is 4. The number of hydrogen-bond donors (Lipinski definition) is 2. The van der Waals surface area contributed by atoms with Crippen LogP contribution in [-0.4, -0.2) is 37.7 Å². The van der Waals surface area contributed by atoms with Gasteiger partial charge in [0.2, 0.25) is 0 Å². The van der Waals surface area contributed by atoms with Gasteiger partial charge in [0.25, 0.3) is 11.8 Å². The van der Waals surface area contributed by atoms with Crippen LogP contribution in [-0.2, 0) is 4.74 Å². The summed E-state index contributed by atoms with van der Waals surface area (Å²) in [5, 5.41) is 5.71. The number of nitrogens with one attached hydrogen (secondary N) is 2. The normalized spacial score (nSPS) is 16.0. The predicted octanol–water partition coefficient (Wildman–Crippen LogP) is 3.25. The van der Waals surface area contributed by atoms with E-state index < -0.39 is 0 Å². The molecule has 0 bridgehead atoms. The topological polar surface area (TPSA) is 76.7 Å². The Hall–Kier alpha value is -2.86. The molecule has 1 atom stereocenters. The number of para-hydroxylation sites is 1. The maximum Gasteiger partial charge on any atom is 0.259 e. The molecule has 6 heteroatoms. The molecule has 1 aliphatic rings. The molecule has 3 rings (SSSR count). The van der Waals surface area contributed by atoms with Gasteiger partial charge >= 0.3 is 0 Å². The van der Waals surface area contributed by atoms with Gasteiger partial charge in [0.1, 0.15) is 5.75 Å². The minimum Gasteiger partial charge on any atom is -0.493 e. The number of amides is 2. The fourth-order valence-electron chi connectivity index (χ4n) is 2.99. The van der Waals surface area contributed by atoms with E-state index in [1.807, 2.05) is 13.0 Å². The lowest BCUT2D eigenvalue weighted by atomic mass is 10.1. The smallest absolute Gasteiger partial charge is 0.259 e. The maximum atomic E-state index is 12.6. The first kappa shape index (κ1) is 18.9. The molecular weight excluding hydrogens is 344 g/mol. The standard InChI is InChI=1S/C21H24N2O4/c1-2-26-19-11-4-3-10-18(19)21(25)23-16-8-5-7-15(13-16)20(24)22-14-17-9-6-12-27-17/h3-5,7-8,10-11,13,17H,2,6,9,12,14H2,1H3,(H,22,24)(H,23,25)/t17-/m1/s1. The summed E-state index contributed by atoms with van der Waals surface area (Å²) in [6, 6.07) is 13.9. The monoisotopic (exact) mass is 368 g/mol. The van der Waals surface area contributed by atoms with Crippen molar-refractivity contribution in [2.45, 2.75) is 25.9 Å². The molecule has 0 unspecified atom stereocenters. The summed E-state index contributed by atoms with van der Waals surface area (Å²) < 4.78 is 11.0. The Balaban J connectivity index is 1.64. The second-order valence-corrected chi connectivity index (χ2v) is 6.31. The molecule has 6 nitrogen and oxygen atoms in total. The van der Waals surface area contributed by atoms with E-state index in [0.29, 0.717) is 35.7 Å². The van der Waals surface area contributed by atoms with Gasteiger partial charge in [-0.05, 0) is 50.1 Å². The highest BCUT2D eigenvalue weighted by atomic mass is 16.5. The minimum atomic E-state index is -0.282. The van der Waals surface area contributed by atoms with Gasteiger partial charge in [0.15, 0.2) is 0 Å². The Kier molecular flexibility index (Phi) is 6.44. The Bertz CT molecular complexity index is 800. The molecule has 0 aromatic heterocycles. The zero-order valence-electron chi connectivity index (χ0n) is 15.4. The van der Waals surface area contributed by atoms with Crippen LogP contribution >= 0.6 is 0 Å². The fourth-order valence-corrected chi connectivity index (χ4v) is 2.99. The Labute approximate surface area is 158 Å². The van der Waals surface area contributed by atoms with Crippen LogP contribution in [0.1, 0.15) is 40.5 Å². The second kappa shape index (κ2) is 9.19. The van der Waals surface area contributed by atoms with Crippen molar-refractivity contribution in [2.24, 2.45) is 0 Å². The molecular formula is C21H24N2O4. The SMILES string of the molecule is CCOc1ccccc1C(=O)Nc1cccc(C(=O)NC[C@H]2CCCO2)c1. The summed E-state index contributed by atoms with van der Waals surface area (Å²) in [5.74, 6) is 0.0650. The highest BCUT2D eigenvalue weighted by Gasteiger charge is 2.17. The van der Waals surface area contributed by atoms with Crippen LogP contribution in [0.4, 0.5) is 5.69 Å². The number of carbonyl (C=O) groups is 2. The average molecular weight is 368 g/mol. The lowest BCUT2D eigenvalue weighted by Gasteiger charge is -2.12. The molecule has 2 aromatic rings. The lowest BCUT2D eigenvalue weighted by molar-refractivity contribution is 0.0857. The van der Waals surface area contributed by atoms with Gasteiger partial charge in [-0.25, -0.2) is 0 Å². The van der Waals surface area contributed by atoms with Crippen molar-refractivity contribution in [3.05, 3.63) is 59.7 Å². The zero-order valence-corrected chi connectivity index (χ0v) is 15.4. The van der Waals surface area contributed by atoms with Crippen molar-refractivity contribution in [3.8, 4) is 5.75 Å². The van der Waals surface area contributed by atoms with Crippen LogP contribution in [0, 0.1) is 0 Å². The van der Waals surface area contributed by atoms with Crippen molar-refractivity contribution in [1.29, 1.82) is 0 Å². The first-order valence-corrected chi connectivity index (χ1v) is 9.20. The van der Waals surface area contributed by atoms with Crippen LogP contribution in [0.25, 0.3) is 0 Å². The van der Waals surface area contributed by atoms with Gasteiger partial charge in [-0.3, -0.25) is 9.59 Å². The Morgan fingerprint density at radius 3 is 2.78 bits per heavy atom. The Morgan fingerprint density at radius 2 is 2.00 bits per heavy atom. The molecule has 1 aliphatic heterocycles. The van der Waals surface area contributed by atoms with Gasteiger partial charge in [-0.1, -0.05) is 18.2 Å². The summed E-state index contributed by atoms with van der Waals surface area (Å²) in [6.07, 6.45) is 2.09. The molecule has 1 heterocycles. The van der Waals surface area contributed by atoms with E-state index in [2.05, 4.69) is 10.6 Å². The predicted molar refractivity (Wildman–Crippen MR) is 103 cm³/mol. The second-order valence-electron chi connectivity index (χ2n) is 6.31. The van der Waals surface area contributed by atoms with E-state index in [1.165, 1.54) is 0 Å². The highest BCUT2D eigenvalue weighted by molar-refractivity contribution is 6.06. The number of carbonyl (C=O) groups excluding carboxylic acids is 2. The van der Waals surface area contributed by atoms with Crippen LogP contribution in [0.2, 0.25) is 0 Å². The first-order chi connectivity index (χ1) is 13.2. The van der Waals surface area contributed by atoms with E-state index in [0.717, 1.165) is 19.4 Å². The van der Waals surface area contributed by atoms with Crippen LogP contribution in [0.5, 0.6) is 5.75 Å². The maximum absolute atomic E-state index is 12.6. The molecule has 0 aliphatic carbocycles. The molecule has 2 aromatic carbocycles. The number of benzene rings is 2. The van der Waals surface area contributed by atoms with Crippen LogP contribution in [0.3, 0.4) is 0 Å². The summed E-state index contributed by atoms with van der Waals surface area (Å²) in [5.41, 5.74) is 1.49. The van der Waals surface area contributed by atoms with E-state index in [9.17, 15) is 9.59 Å². The summed E-state index contributed by atoms with van der Waals surface area (Å²) in [4.78, 5) is 24.9.